The summed E-state index contributed by atoms with van der Waals surface area (Å²) in [6.07, 6.45) is 3.91. The highest BCUT2D eigenvalue weighted by Crippen LogP contribution is 2.30. The fourth-order valence-electron chi connectivity index (χ4n) is 2.60. The van der Waals surface area contributed by atoms with Gasteiger partial charge in [-0.25, -0.2) is 0 Å². The summed E-state index contributed by atoms with van der Waals surface area (Å²) in [5, 5.41) is 0. The average Bonchev–Trinajstić information content (AvgIpc) is 2.51. The second kappa shape index (κ2) is 5.81. The number of hydrogen-bond donors (Lipinski definition) is 1. The summed E-state index contributed by atoms with van der Waals surface area (Å²) in [4.78, 5) is 7.11. The largest absolute Gasteiger partial charge is 0.325 e. The Hall–Kier alpha value is -0.930. The lowest BCUT2D eigenvalue weighted by molar-refractivity contribution is 0.253. The maximum Gasteiger partial charge on any atom is 0.0547 e. The Balaban J connectivity index is 1.96. The van der Waals surface area contributed by atoms with E-state index in [1.807, 2.05) is 6.07 Å². The molecule has 0 atom stereocenters. The normalized spacial score (nSPS) is 20.6. The van der Waals surface area contributed by atoms with Gasteiger partial charge in [0.15, 0.2) is 0 Å². The van der Waals surface area contributed by atoms with E-state index in [4.69, 9.17) is 5.73 Å². The van der Waals surface area contributed by atoms with E-state index in [1.165, 1.54) is 32.4 Å². The van der Waals surface area contributed by atoms with Crippen LogP contribution in [-0.4, -0.2) is 23.0 Å². The zero-order valence-corrected chi connectivity index (χ0v) is 11.7. The first-order valence-electron chi connectivity index (χ1n) is 6.96. The Labute approximate surface area is 110 Å². The van der Waals surface area contributed by atoms with Crippen molar-refractivity contribution in [1.29, 1.82) is 0 Å². The van der Waals surface area contributed by atoms with Gasteiger partial charge in [0.25, 0.3) is 0 Å². The molecule has 1 fully saturated rings. The van der Waals surface area contributed by atoms with E-state index in [9.17, 15) is 0 Å². The second-order valence-electron chi connectivity index (χ2n) is 6.12. The maximum absolute atomic E-state index is 5.64. The van der Waals surface area contributed by atoms with Crippen molar-refractivity contribution in [3.05, 3.63) is 29.6 Å². The number of rotatable bonds is 3. The number of hydrogen-bond acceptors (Lipinski definition) is 3. The highest BCUT2D eigenvalue weighted by atomic mass is 15.1. The fraction of sp³-hybridized carbons (Fsp3) is 0.667. The van der Waals surface area contributed by atoms with Crippen LogP contribution in [0.4, 0.5) is 0 Å². The lowest BCUT2D eigenvalue weighted by Crippen LogP contribution is -2.25. The molecule has 2 N–H and O–H groups in total. The molecule has 3 nitrogen and oxygen atoms in total. The molecule has 2 heterocycles. The van der Waals surface area contributed by atoms with Crippen molar-refractivity contribution >= 4 is 0 Å². The summed E-state index contributed by atoms with van der Waals surface area (Å²) < 4.78 is 0. The molecule has 1 aliphatic heterocycles. The van der Waals surface area contributed by atoms with E-state index in [2.05, 4.69) is 35.9 Å². The Morgan fingerprint density at radius 1 is 1.22 bits per heavy atom. The maximum atomic E-state index is 5.64. The molecule has 1 saturated heterocycles. The van der Waals surface area contributed by atoms with Crippen molar-refractivity contribution in [1.82, 2.24) is 9.88 Å². The first-order chi connectivity index (χ1) is 8.59. The van der Waals surface area contributed by atoms with Gasteiger partial charge in [-0.3, -0.25) is 9.88 Å². The zero-order chi connectivity index (χ0) is 13.0. The number of aromatic nitrogens is 1. The molecule has 0 amide bonds. The first kappa shape index (κ1) is 13.5. The van der Waals surface area contributed by atoms with E-state index in [0.29, 0.717) is 12.0 Å². The van der Waals surface area contributed by atoms with Crippen LogP contribution >= 0.6 is 0 Å². The van der Waals surface area contributed by atoms with Gasteiger partial charge in [0.05, 0.1) is 11.4 Å². The Kier molecular flexibility index (Phi) is 4.36. The molecule has 2 rings (SSSR count). The predicted molar refractivity (Wildman–Crippen MR) is 75.0 cm³/mol. The van der Waals surface area contributed by atoms with E-state index < -0.39 is 0 Å². The molecule has 0 bridgehead atoms. The third-order valence-electron chi connectivity index (χ3n) is 3.89. The van der Waals surface area contributed by atoms with Crippen LogP contribution in [0.3, 0.4) is 0 Å². The third kappa shape index (κ3) is 3.79. The summed E-state index contributed by atoms with van der Waals surface area (Å²) >= 11 is 0. The molecule has 1 aromatic rings. The predicted octanol–water partition coefficient (Wildman–Crippen LogP) is 2.55. The molecule has 0 aromatic carbocycles. The molecule has 0 unspecified atom stereocenters. The summed E-state index contributed by atoms with van der Waals surface area (Å²) in [7, 11) is 0. The van der Waals surface area contributed by atoms with Crippen molar-refractivity contribution < 1.29 is 0 Å². The molecule has 0 aliphatic carbocycles. The lowest BCUT2D eigenvalue weighted by atomic mass is 9.85. The van der Waals surface area contributed by atoms with Crippen molar-refractivity contribution in [2.24, 2.45) is 11.1 Å². The van der Waals surface area contributed by atoms with Crippen LogP contribution in [0.15, 0.2) is 18.2 Å². The Morgan fingerprint density at radius 2 is 2.00 bits per heavy atom. The quantitative estimate of drug-likeness (QED) is 0.892. The molecule has 0 saturated carbocycles. The van der Waals surface area contributed by atoms with Crippen LogP contribution in [0.1, 0.15) is 44.5 Å². The summed E-state index contributed by atoms with van der Waals surface area (Å²) in [6, 6.07) is 6.16. The summed E-state index contributed by atoms with van der Waals surface area (Å²) in [6.45, 7) is 8.62. The number of nitrogens with zero attached hydrogens (tertiary/aromatic N) is 2. The minimum atomic E-state index is 0.501. The van der Waals surface area contributed by atoms with Crippen LogP contribution in [0.5, 0.6) is 0 Å². The van der Waals surface area contributed by atoms with Crippen LogP contribution < -0.4 is 5.73 Å². The van der Waals surface area contributed by atoms with Gasteiger partial charge in [-0.05, 0) is 49.9 Å². The van der Waals surface area contributed by atoms with Gasteiger partial charge in [-0.2, -0.15) is 0 Å². The monoisotopic (exact) mass is 247 g/mol. The van der Waals surface area contributed by atoms with Crippen molar-refractivity contribution in [2.45, 2.75) is 46.2 Å². The van der Waals surface area contributed by atoms with Crippen molar-refractivity contribution in [3.63, 3.8) is 0 Å². The van der Waals surface area contributed by atoms with Gasteiger partial charge in [-0.1, -0.05) is 19.9 Å². The molecule has 3 heteroatoms. The standard InChI is InChI=1S/C15H25N3/c1-15(2)7-4-9-18(10-8-15)12-14-6-3-5-13(11-16)17-14/h3,5-6H,4,7-12,16H2,1-2H3. The van der Waals surface area contributed by atoms with Crippen molar-refractivity contribution in [3.8, 4) is 0 Å². The van der Waals surface area contributed by atoms with Crippen molar-refractivity contribution in [2.75, 3.05) is 13.1 Å². The summed E-state index contributed by atoms with van der Waals surface area (Å²) in [5.74, 6) is 0. The third-order valence-corrected chi connectivity index (χ3v) is 3.89. The van der Waals surface area contributed by atoms with Gasteiger partial charge in [0.1, 0.15) is 0 Å². The van der Waals surface area contributed by atoms with E-state index in [-0.39, 0.29) is 0 Å². The van der Waals surface area contributed by atoms with E-state index in [1.54, 1.807) is 0 Å². The minimum absolute atomic E-state index is 0.501. The molecule has 0 spiro atoms. The Bertz CT molecular complexity index is 387. The van der Waals surface area contributed by atoms with Gasteiger partial charge < -0.3 is 5.73 Å². The number of nitrogens with two attached hydrogens (primary N) is 1. The van der Waals surface area contributed by atoms with E-state index >= 15 is 0 Å². The Morgan fingerprint density at radius 3 is 2.78 bits per heavy atom. The van der Waals surface area contributed by atoms with Crippen LogP contribution in [0.2, 0.25) is 0 Å². The van der Waals surface area contributed by atoms with Gasteiger partial charge in [0, 0.05) is 13.1 Å². The van der Waals surface area contributed by atoms with Gasteiger partial charge in [-0.15, -0.1) is 0 Å². The molecule has 1 aromatic heterocycles. The topological polar surface area (TPSA) is 42.1 Å². The average molecular weight is 247 g/mol. The highest BCUT2D eigenvalue weighted by molar-refractivity contribution is 5.11. The van der Waals surface area contributed by atoms with Crippen LogP contribution in [-0.2, 0) is 13.1 Å². The van der Waals surface area contributed by atoms with E-state index in [0.717, 1.165) is 17.9 Å². The summed E-state index contributed by atoms with van der Waals surface area (Å²) in [5.41, 5.74) is 8.28. The zero-order valence-electron chi connectivity index (χ0n) is 11.7. The number of likely N-dealkylation sites (tertiary alicyclic amines) is 1. The highest BCUT2D eigenvalue weighted by Gasteiger charge is 2.23. The lowest BCUT2D eigenvalue weighted by Gasteiger charge is -2.23. The van der Waals surface area contributed by atoms with Crippen LogP contribution in [0.25, 0.3) is 0 Å². The number of pyridine rings is 1. The minimum Gasteiger partial charge on any atom is -0.325 e. The van der Waals surface area contributed by atoms with Gasteiger partial charge >= 0.3 is 0 Å². The fourth-order valence-corrected chi connectivity index (χ4v) is 2.60. The molecule has 18 heavy (non-hydrogen) atoms. The molecule has 100 valence electrons. The van der Waals surface area contributed by atoms with Gasteiger partial charge in [0.2, 0.25) is 0 Å². The molecular formula is C15H25N3. The van der Waals surface area contributed by atoms with Crippen LogP contribution in [0, 0.1) is 5.41 Å². The first-order valence-corrected chi connectivity index (χ1v) is 6.96. The second-order valence-corrected chi connectivity index (χ2v) is 6.12. The molecule has 1 aliphatic rings. The SMILES string of the molecule is CC1(C)CCCN(Cc2cccc(CN)n2)CC1. The molecule has 0 radical (unpaired) electrons. The molecular weight excluding hydrogens is 222 g/mol. The smallest absolute Gasteiger partial charge is 0.0547 e.